The number of pyridine rings is 2. The summed E-state index contributed by atoms with van der Waals surface area (Å²) in [6.07, 6.45) is 6.61. The Balaban J connectivity index is 1.69. The van der Waals surface area contributed by atoms with Gasteiger partial charge in [-0.1, -0.05) is 0 Å². The van der Waals surface area contributed by atoms with E-state index in [1.54, 1.807) is 6.20 Å². The molecule has 1 unspecified atom stereocenters. The van der Waals surface area contributed by atoms with Crippen molar-refractivity contribution in [3.63, 3.8) is 0 Å². The summed E-state index contributed by atoms with van der Waals surface area (Å²) < 4.78 is 5.62. The van der Waals surface area contributed by atoms with Crippen LogP contribution < -0.4 is 16.0 Å². The molecule has 5 N–H and O–H groups in total. The van der Waals surface area contributed by atoms with Crippen molar-refractivity contribution in [2.75, 3.05) is 30.0 Å². The van der Waals surface area contributed by atoms with E-state index in [4.69, 9.17) is 20.9 Å². The minimum absolute atomic E-state index is 0.0402. The van der Waals surface area contributed by atoms with E-state index in [0.717, 1.165) is 53.4 Å². The molecule has 9 nitrogen and oxygen atoms in total. The van der Waals surface area contributed by atoms with Gasteiger partial charge in [0.05, 0.1) is 31.1 Å². The molecule has 0 bridgehead atoms. The predicted molar refractivity (Wildman–Crippen MR) is 120 cm³/mol. The van der Waals surface area contributed by atoms with Crippen LogP contribution in [0.4, 0.5) is 17.5 Å². The van der Waals surface area contributed by atoms with Crippen LogP contribution in [0.2, 0.25) is 0 Å². The van der Waals surface area contributed by atoms with Gasteiger partial charge in [-0.25, -0.2) is 4.98 Å². The van der Waals surface area contributed by atoms with Crippen molar-refractivity contribution in [1.82, 2.24) is 20.2 Å². The summed E-state index contributed by atoms with van der Waals surface area (Å²) >= 11 is 0. The molecule has 5 rings (SSSR count). The van der Waals surface area contributed by atoms with E-state index in [-0.39, 0.29) is 12.1 Å². The van der Waals surface area contributed by atoms with Gasteiger partial charge in [-0.2, -0.15) is 5.10 Å². The summed E-state index contributed by atoms with van der Waals surface area (Å²) in [4.78, 5) is 11.7. The van der Waals surface area contributed by atoms with E-state index in [1.807, 2.05) is 18.3 Å². The molecule has 1 aliphatic carbocycles. The molecule has 3 aromatic rings. The highest BCUT2D eigenvalue weighted by Crippen LogP contribution is 2.39. The van der Waals surface area contributed by atoms with Crippen LogP contribution in [0, 0.1) is 5.41 Å². The number of nitrogens with one attached hydrogen (secondary N) is 3. The minimum Gasteiger partial charge on any atom is -0.377 e. The van der Waals surface area contributed by atoms with Crippen molar-refractivity contribution in [3.8, 4) is 11.1 Å². The van der Waals surface area contributed by atoms with Crippen molar-refractivity contribution in [2.45, 2.75) is 31.8 Å². The van der Waals surface area contributed by atoms with Crippen LogP contribution in [0.25, 0.3) is 11.1 Å². The van der Waals surface area contributed by atoms with Crippen molar-refractivity contribution in [2.24, 2.45) is 5.73 Å². The topological polar surface area (TPSA) is 129 Å². The van der Waals surface area contributed by atoms with Gasteiger partial charge in [-0.3, -0.25) is 10.1 Å². The van der Waals surface area contributed by atoms with Gasteiger partial charge in [-0.15, -0.1) is 0 Å². The quantitative estimate of drug-likeness (QED) is 0.469. The highest BCUT2D eigenvalue weighted by atomic mass is 16.5. The zero-order chi connectivity index (χ0) is 21.4. The number of anilines is 3. The Hall–Kier alpha value is -3.30. The summed E-state index contributed by atoms with van der Waals surface area (Å²) in [7, 11) is 0. The number of hydrogen-bond donors (Lipinski definition) is 4. The second-order valence-electron chi connectivity index (χ2n) is 8.01. The van der Waals surface area contributed by atoms with Crippen LogP contribution in [0.5, 0.6) is 0 Å². The Morgan fingerprint density at radius 3 is 3.00 bits per heavy atom. The van der Waals surface area contributed by atoms with Crippen molar-refractivity contribution >= 4 is 23.7 Å². The number of ether oxygens (including phenoxy) is 1. The van der Waals surface area contributed by atoms with Crippen LogP contribution in [-0.4, -0.2) is 52.2 Å². The Labute approximate surface area is 180 Å². The number of fused-ring (bicyclic) bond motifs is 1. The lowest BCUT2D eigenvalue weighted by atomic mass is 9.96. The molecular weight excluding hydrogens is 392 g/mol. The fourth-order valence-corrected chi connectivity index (χ4v) is 4.45. The molecule has 4 heterocycles. The average molecular weight is 419 g/mol. The average Bonchev–Trinajstić information content (AvgIpc) is 3.43. The lowest BCUT2D eigenvalue weighted by Crippen LogP contribution is -2.44. The first-order valence-corrected chi connectivity index (χ1v) is 10.6. The van der Waals surface area contributed by atoms with Crippen LogP contribution in [0.3, 0.4) is 0 Å². The van der Waals surface area contributed by atoms with Crippen LogP contribution >= 0.6 is 0 Å². The Bertz CT molecular complexity index is 1100. The molecular formula is C22H26N8O. The molecule has 0 amide bonds. The van der Waals surface area contributed by atoms with Gasteiger partial charge in [-0.05, 0) is 48.6 Å². The van der Waals surface area contributed by atoms with Gasteiger partial charge in [0.25, 0.3) is 0 Å². The van der Waals surface area contributed by atoms with Gasteiger partial charge < -0.3 is 26.1 Å². The number of nitrogens with zero attached hydrogens (tertiary/aromatic N) is 4. The second-order valence-corrected chi connectivity index (χ2v) is 8.01. The number of nitrogens with two attached hydrogens (primary N) is 1. The third kappa shape index (κ3) is 3.55. The fraction of sp³-hybridized carbons (Fsp3) is 0.364. The second kappa shape index (κ2) is 8.09. The normalized spacial score (nSPS) is 20.5. The first-order valence-electron chi connectivity index (χ1n) is 10.6. The first kappa shape index (κ1) is 19.7. The van der Waals surface area contributed by atoms with Gasteiger partial charge >= 0.3 is 0 Å². The van der Waals surface area contributed by atoms with Gasteiger partial charge in [0.15, 0.2) is 0 Å². The molecule has 1 aliphatic heterocycles. The molecule has 0 radical (unpaired) electrons. The smallest absolute Gasteiger partial charge is 0.143 e. The molecule has 9 heteroatoms. The molecule has 0 spiro atoms. The van der Waals surface area contributed by atoms with Gasteiger partial charge in [0, 0.05) is 36.6 Å². The molecule has 2 atom stereocenters. The van der Waals surface area contributed by atoms with E-state index in [2.05, 4.69) is 38.4 Å². The molecule has 2 aliphatic rings. The highest BCUT2D eigenvalue weighted by molar-refractivity contribution is 5.97. The maximum absolute atomic E-state index is 8.19. The van der Waals surface area contributed by atoms with Crippen LogP contribution in [-0.2, 0) is 11.2 Å². The minimum atomic E-state index is -0.0402. The third-order valence-electron chi connectivity index (χ3n) is 6.04. The molecule has 31 heavy (non-hydrogen) atoms. The molecule has 0 aromatic carbocycles. The number of aromatic amines is 1. The maximum atomic E-state index is 8.19. The first-order chi connectivity index (χ1) is 15.2. The molecule has 1 saturated heterocycles. The number of H-pyrrole nitrogens is 1. The number of rotatable bonds is 5. The van der Waals surface area contributed by atoms with E-state index in [1.165, 1.54) is 6.21 Å². The van der Waals surface area contributed by atoms with E-state index >= 15 is 0 Å². The Morgan fingerprint density at radius 2 is 2.23 bits per heavy atom. The zero-order valence-corrected chi connectivity index (χ0v) is 17.4. The Morgan fingerprint density at radius 1 is 1.32 bits per heavy atom. The number of morpholine rings is 1. The lowest BCUT2D eigenvalue weighted by Gasteiger charge is -2.35. The van der Waals surface area contributed by atoms with E-state index in [9.17, 15) is 0 Å². The molecule has 160 valence electrons. The Kier molecular flexibility index (Phi) is 5.13. The van der Waals surface area contributed by atoms with E-state index < -0.39 is 0 Å². The standard InChI is InChI=1S/C22H26N8O/c1-13-12-31-9-8-30(13)20-10-16(14-4-6-25-21-15(14)2-3-18(21)24)17(11-23)22(28-20)27-19-5-7-26-29-19/h4-7,10-11,13,18,23H,2-3,8-9,12,24H2,1H3,(H2,26,27,28,29)/t13-,18?/m1/s1. The van der Waals surface area contributed by atoms with E-state index in [0.29, 0.717) is 24.6 Å². The zero-order valence-electron chi connectivity index (χ0n) is 17.4. The van der Waals surface area contributed by atoms with Crippen molar-refractivity contribution in [1.29, 1.82) is 5.41 Å². The predicted octanol–water partition coefficient (Wildman–Crippen LogP) is 2.78. The molecule has 0 saturated carbocycles. The summed E-state index contributed by atoms with van der Waals surface area (Å²) in [5, 5.41) is 18.4. The number of hydrogen-bond acceptors (Lipinski definition) is 8. The highest BCUT2D eigenvalue weighted by Gasteiger charge is 2.27. The molecule has 1 fully saturated rings. The summed E-state index contributed by atoms with van der Waals surface area (Å²) in [5.41, 5.74) is 11.1. The maximum Gasteiger partial charge on any atom is 0.143 e. The van der Waals surface area contributed by atoms with Crippen molar-refractivity contribution < 1.29 is 4.74 Å². The fourth-order valence-electron chi connectivity index (χ4n) is 4.45. The summed E-state index contributed by atoms with van der Waals surface area (Å²) in [6, 6.07) is 6.10. The monoisotopic (exact) mass is 418 g/mol. The third-order valence-corrected chi connectivity index (χ3v) is 6.04. The van der Waals surface area contributed by atoms with Gasteiger partial charge in [0.2, 0.25) is 0 Å². The SMILES string of the molecule is C[C@@H]1COCCN1c1cc(-c2ccnc3c2CCC3N)c(C=N)c(Nc2ccn[nH]2)n1. The lowest BCUT2D eigenvalue weighted by molar-refractivity contribution is 0.0985. The summed E-state index contributed by atoms with van der Waals surface area (Å²) in [5.74, 6) is 2.18. The summed E-state index contributed by atoms with van der Waals surface area (Å²) in [6.45, 7) is 4.22. The number of aromatic nitrogens is 4. The molecule has 3 aromatic heterocycles. The van der Waals surface area contributed by atoms with Gasteiger partial charge in [0.1, 0.15) is 17.5 Å². The largest absolute Gasteiger partial charge is 0.377 e. The van der Waals surface area contributed by atoms with Crippen molar-refractivity contribution in [3.05, 3.63) is 47.4 Å². The van der Waals surface area contributed by atoms with Crippen LogP contribution in [0.15, 0.2) is 30.6 Å². The van der Waals surface area contributed by atoms with Crippen LogP contribution in [0.1, 0.15) is 36.2 Å².